The van der Waals surface area contributed by atoms with Gasteiger partial charge in [0.1, 0.15) is 5.82 Å². The fraction of sp³-hybridized carbons (Fsp3) is 0.143. The first kappa shape index (κ1) is 24.2. The highest BCUT2D eigenvalue weighted by molar-refractivity contribution is 8.09. The Balaban J connectivity index is 1.58. The fourth-order valence-corrected chi connectivity index (χ4v) is 6.29. The number of nitrogens with zero attached hydrogens (tertiary/aromatic N) is 5. The Bertz CT molecular complexity index is 1600. The first-order chi connectivity index (χ1) is 16.4. The molecule has 3 aromatic heterocycles. The quantitative estimate of drug-likeness (QED) is 0.389. The SMILES string of the molecule is CS(=O)(=O)N(c1cc(CNC(=O)c2cncc3c2cnn3-c2ccc(F)cc2)ccn1)S(C)(=O)=O. The zero-order valence-corrected chi connectivity index (χ0v) is 20.1. The van der Waals surface area contributed by atoms with Crippen LogP contribution >= 0.6 is 0 Å². The first-order valence-electron chi connectivity index (χ1n) is 9.96. The summed E-state index contributed by atoms with van der Waals surface area (Å²) in [4.78, 5) is 20.9. The van der Waals surface area contributed by atoms with Crippen molar-refractivity contribution in [3.8, 4) is 5.69 Å². The molecule has 35 heavy (non-hydrogen) atoms. The van der Waals surface area contributed by atoms with Crippen molar-refractivity contribution in [2.24, 2.45) is 0 Å². The van der Waals surface area contributed by atoms with E-state index >= 15 is 0 Å². The molecule has 1 aromatic carbocycles. The van der Waals surface area contributed by atoms with Gasteiger partial charge in [-0.25, -0.2) is 30.9 Å². The summed E-state index contributed by atoms with van der Waals surface area (Å²) in [7, 11) is -8.31. The number of anilines is 1. The zero-order chi connectivity index (χ0) is 25.4. The number of fused-ring (bicyclic) bond motifs is 1. The van der Waals surface area contributed by atoms with E-state index in [1.807, 2.05) is 0 Å². The van der Waals surface area contributed by atoms with E-state index in [2.05, 4.69) is 20.4 Å². The van der Waals surface area contributed by atoms with Gasteiger partial charge >= 0.3 is 0 Å². The number of carbonyl (C=O) groups excluding carboxylic acids is 1. The van der Waals surface area contributed by atoms with Gasteiger partial charge in [0.25, 0.3) is 5.91 Å². The molecule has 0 aliphatic heterocycles. The Hall–Kier alpha value is -3.91. The number of sulfonamides is 2. The Morgan fingerprint density at radius 1 is 1.03 bits per heavy atom. The minimum absolute atomic E-state index is 0.0434. The second-order valence-corrected chi connectivity index (χ2v) is 11.5. The number of amides is 1. The maximum atomic E-state index is 13.3. The van der Waals surface area contributed by atoms with Gasteiger partial charge in [-0.05, 0) is 42.0 Å². The molecular formula is C21H19FN6O5S2. The van der Waals surface area contributed by atoms with Crippen LogP contribution < -0.4 is 9.03 Å². The maximum absolute atomic E-state index is 13.3. The Morgan fingerprint density at radius 3 is 2.37 bits per heavy atom. The van der Waals surface area contributed by atoms with Crippen LogP contribution in [0.4, 0.5) is 10.2 Å². The maximum Gasteiger partial charge on any atom is 0.253 e. The molecule has 0 atom stereocenters. The van der Waals surface area contributed by atoms with Crippen molar-refractivity contribution >= 4 is 42.7 Å². The third-order valence-electron chi connectivity index (χ3n) is 4.87. The van der Waals surface area contributed by atoms with Crippen LogP contribution in [0, 0.1) is 5.82 Å². The molecule has 4 rings (SSSR count). The van der Waals surface area contributed by atoms with E-state index in [0.29, 0.717) is 22.2 Å². The number of halogens is 1. The Labute approximate surface area is 200 Å². The van der Waals surface area contributed by atoms with E-state index < -0.39 is 26.0 Å². The number of rotatable bonds is 7. The van der Waals surface area contributed by atoms with Gasteiger partial charge in [0.2, 0.25) is 20.0 Å². The number of nitrogens with one attached hydrogen (secondary N) is 1. The van der Waals surface area contributed by atoms with Crippen molar-refractivity contribution in [3.05, 3.63) is 78.1 Å². The van der Waals surface area contributed by atoms with E-state index in [0.717, 1.165) is 12.5 Å². The summed E-state index contributed by atoms with van der Waals surface area (Å²) in [6, 6.07) is 8.46. The average molecular weight is 519 g/mol. The van der Waals surface area contributed by atoms with Crippen molar-refractivity contribution in [1.82, 2.24) is 25.1 Å². The van der Waals surface area contributed by atoms with Crippen LogP contribution in [-0.4, -0.2) is 55.0 Å². The van der Waals surface area contributed by atoms with Crippen LogP contribution in [0.2, 0.25) is 0 Å². The highest BCUT2D eigenvalue weighted by atomic mass is 32.3. The lowest BCUT2D eigenvalue weighted by Gasteiger charge is -2.19. The number of benzene rings is 1. The first-order valence-corrected chi connectivity index (χ1v) is 13.7. The highest BCUT2D eigenvalue weighted by Gasteiger charge is 2.28. The second kappa shape index (κ2) is 9.03. The predicted octanol–water partition coefficient (Wildman–Crippen LogP) is 1.61. The summed E-state index contributed by atoms with van der Waals surface area (Å²) >= 11 is 0. The van der Waals surface area contributed by atoms with Gasteiger partial charge in [0.15, 0.2) is 5.82 Å². The van der Waals surface area contributed by atoms with Crippen LogP contribution in [-0.2, 0) is 26.6 Å². The molecule has 14 heteroatoms. The molecular weight excluding hydrogens is 499 g/mol. The van der Waals surface area contributed by atoms with E-state index in [9.17, 15) is 26.0 Å². The normalized spacial score (nSPS) is 12.0. The number of pyridine rings is 2. The molecule has 0 unspecified atom stereocenters. The standard InChI is InChI=1S/C21H19FN6O5S2/c1-34(30,31)28(35(2,32)33)20-9-14(7-8-24-20)10-25-21(29)18-11-23-13-19-17(18)12-26-27(19)16-5-3-15(22)4-6-16/h3-9,11-13H,10H2,1-2H3,(H,25,29). The molecule has 182 valence electrons. The second-order valence-electron chi connectivity index (χ2n) is 7.58. The number of hydrogen-bond donors (Lipinski definition) is 1. The fourth-order valence-electron chi connectivity index (χ4n) is 3.44. The monoisotopic (exact) mass is 518 g/mol. The van der Waals surface area contributed by atoms with Crippen molar-refractivity contribution in [2.45, 2.75) is 6.54 Å². The van der Waals surface area contributed by atoms with Gasteiger partial charge in [-0.1, -0.05) is 0 Å². The van der Waals surface area contributed by atoms with Crippen LogP contribution in [0.3, 0.4) is 0 Å². The molecule has 11 nitrogen and oxygen atoms in total. The molecule has 0 aliphatic rings. The lowest BCUT2D eigenvalue weighted by atomic mass is 10.1. The third-order valence-corrected chi connectivity index (χ3v) is 8.07. The van der Waals surface area contributed by atoms with Crippen molar-refractivity contribution in [1.29, 1.82) is 0 Å². The Kier molecular flexibility index (Phi) is 6.25. The van der Waals surface area contributed by atoms with E-state index in [1.54, 1.807) is 12.1 Å². The largest absolute Gasteiger partial charge is 0.348 e. The summed E-state index contributed by atoms with van der Waals surface area (Å²) in [6.45, 7) is -0.0434. The van der Waals surface area contributed by atoms with Crippen LogP contribution in [0.25, 0.3) is 16.6 Å². The molecule has 0 bridgehead atoms. The number of carbonyl (C=O) groups is 1. The molecule has 1 amide bonds. The third kappa shape index (κ3) is 5.12. The molecule has 0 fully saturated rings. The molecule has 0 saturated carbocycles. The van der Waals surface area contributed by atoms with Gasteiger partial charge in [-0.15, -0.1) is 3.71 Å². The van der Waals surface area contributed by atoms with Gasteiger partial charge < -0.3 is 5.32 Å². The number of aromatic nitrogens is 4. The highest BCUT2D eigenvalue weighted by Crippen LogP contribution is 2.22. The van der Waals surface area contributed by atoms with E-state index in [1.165, 1.54) is 53.7 Å². The van der Waals surface area contributed by atoms with Gasteiger partial charge in [-0.3, -0.25) is 9.78 Å². The van der Waals surface area contributed by atoms with Crippen molar-refractivity contribution < 1.29 is 26.0 Å². The molecule has 3 heterocycles. The Morgan fingerprint density at radius 2 is 1.71 bits per heavy atom. The van der Waals surface area contributed by atoms with Crippen molar-refractivity contribution in [2.75, 3.05) is 16.2 Å². The number of hydrogen-bond acceptors (Lipinski definition) is 8. The summed E-state index contributed by atoms with van der Waals surface area (Å²) in [5.74, 6) is -1.19. The smallest absolute Gasteiger partial charge is 0.253 e. The molecule has 1 N–H and O–H groups in total. The average Bonchev–Trinajstić information content (AvgIpc) is 3.20. The van der Waals surface area contributed by atoms with Crippen molar-refractivity contribution in [3.63, 3.8) is 0 Å². The minimum Gasteiger partial charge on any atom is -0.348 e. The van der Waals surface area contributed by atoms with Crippen LogP contribution in [0.1, 0.15) is 15.9 Å². The lowest BCUT2D eigenvalue weighted by Crippen LogP contribution is -2.36. The predicted molar refractivity (Wildman–Crippen MR) is 126 cm³/mol. The van der Waals surface area contributed by atoms with Crippen LogP contribution in [0.5, 0.6) is 0 Å². The topological polar surface area (TPSA) is 144 Å². The molecule has 0 aliphatic carbocycles. The molecule has 0 spiro atoms. The van der Waals surface area contributed by atoms with E-state index in [-0.39, 0.29) is 27.5 Å². The summed E-state index contributed by atoms with van der Waals surface area (Å²) in [6.07, 6.45) is 7.16. The summed E-state index contributed by atoms with van der Waals surface area (Å²) in [5, 5.41) is 7.49. The minimum atomic E-state index is -4.16. The van der Waals surface area contributed by atoms with Crippen LogP contribution in [0.15, 0.2) is 61.2 Å². The van der Waals surface area contributed by atoms with Gasteiger partial charge in [0.05, 0.1) is 41.7 Å². The molecule has 4 aromatic rings. The molecule has 0 saturated heterocycles. The lowest BCUT2D eigenvalue weighted by molar-refractivity contribution is 0.0952. The van der Waals surface area contributed by atoms with Gasteiger partial charge in [-0.2, -0.15) is 5.10 Å². The summed E-state index contributed by atoms with van der Waals surface area (Å²) < 4.78 is 63.0. The summed E-state index contributed by atoms with van der Waals surface area (Å²) in [5.41, 5.74) is 1.78. The zero-order valence-electron chi connectivity index (χ0n) is 18.5. The van der Waals surface area contributed by atoms with Gasteiger partial charge in [0, 0.05) is 24.3 Å². The molecule has 0 radical (unpaired) electrons. The van der Waals surface area contributed by atoms with E-state index in [4.69, 9.17) is 0 Å².